The van der Waals surface area contributed by atoms with Gasteiger partial charge in [0.05, 0.1) is 32.8 Å². The zero-order valence-electron chi connectivity index (χ0n) is 16.9. The van der Waals surface area contributed by atoms with Crippen molar-refractivity contribution in [3.05, 3.63) is 16.7 Å². The minimum absolute atomic E-state index is 0.00166. The average Bonchev–Trinajstić information content (AvgIpc) is 3.04. The number of hydrogen-bond donors (Lipinski definition) is 4. The Bertz CT molecular complexity index is 1070. The molecule has 1 saturated carbocycles. The van der Waals surface area contributed by atoms with Crippen molar-refractivity contribution in [2.24, 2.45) is 11.8 Å². The number of nitrogen functional groups attached to an aromatic ring is 1. The van der Waals surface area contributed by atoms with Crippen molar-refractivity contribution >= 4 is 32.8 Å². The van der Waals surface area contributed by atoms with E-state index in [2.05, 4.69) is 19.5 Å². The smallest absolute Gasteiger partial charge is 0.369 e. The molecule has 0 amide bonds. The fourth-order valence-corrected chi connectivity index (χ4v) is 5.04. The number of aromatic nitrogens is 4. The average molecular weight is 481 g/mol. The van der Waals surface area contributed by atoms with Crippen LogP contribution >= 0.6 is 15.6 Å². The molecule has 16 heteroatoms. The van der Waals surface area contributed by atoms with Gasteiger partial charge in [0, 0.05) is 12.0 Å². The Hall–Kier alpha value is -1.63. The minimum Gasteiger partial charge on any atom is -0.369 e. The molecule has 31 heavy (non-hydrogen) atoms. The van der Waals surface area contributed by atoms with Gasteiger partial charge in [-0.05, 0) is 26.2 Å². The molecule has 1 aliphatic carbocycles. The lowest BCUT2D eigenvalue weighted by atomic mass is 9.70. The molecule has 0 bridgehead atoms. The number of anilines is 1. The molecule has 2 heterocycles. The summed E-state index contributed by atoms with van der Waals surface area (Å²) >= 11 is 0. The molecule has 14 nitrogen and oxygen atoms in total. The third kappa shape index (κ3) is 5.60. The van der Waals surface area contributed by atoms with Crippen molar-refractivity contribution in [3.8, 4) is 0 Å². The maximum atomic E-state index is 12.0. The van der Waals surface area contributed by atoms with E-state index >= 15 is 0 Å². The standard InChI is InChI=1S/C15H25N5O9P2/c1-3-26-30(22,23)28-6-9-5-11(10(9)7-29-31(24,25)27-4-2)20-8-17-12-13(20)18-15(16)19-14(12)21/h8-11H,3-7H2,1-2H3,(H,22,23)(H,24,25)(H3,16,18,19,21)/t9-,10+,11-/m1/s1. The molecule has 3 rings (SSSR count). The molecule has 2 aromatic heterocycles. The van der Waals surface area contributed by atoms with Gasteiger partial charge in [-0.25, -0.2) is 14.1 Å². The van der Waals surface area contributed by atoms with Gasteiger partial charge < -0.3 is 20.1 Å². The van der Waals surface area contributed by atoms with Crippen LogP contribution in [0.3, 0.4) is 0 Å². The molecule has 0 radical (unpaired) electrons. The number of nitrogens with zero attached hydrogens (tertiary/aromatic N) is 3. The minimum atomic E-state index is -4.27. The number of nitrogens with two attached hydrogens (primary N) is 1. The third-order valence-electron chi connectivity index (χ3n) is 4.92. The van der Waals surface area contributed by atoms with Crippen molar-refractivity contribution in [2.75, 3.05) is 32.2 Å². The molecule has 2 unspecified atom stereocenters. The van der Waals surface area contributed by atoms with Crippen LogP contribution in [0.5, 0.6) is 0 Å². The van der Waals surface area contributed by atoms with Crippen molar-refractivity contribution in [1.29, 1.82) is 0 Å². The van der Waals surface area contributed by atoms with Crippen molar-refractivity contribution < 1.29 is 37.0 Å². The van der Waals surface area contributed by atoms with Gasteiger partial charge in [-0.2, -0.15) is 4.98 Å². The first kappa shape index (κ1) is 24.0. The zero-order chi connectivity index (χ0) is 22.8. The number of H-pyrrole nitrogens is 1. The Kier molecular flexibility index (Phi) is 7.34. The predicted octanol–water partition coefficient (Wildman–Crippen LogP) is 1.19. The van der Waals surface area contributed by atoms with Gasteiger partial charge in [0.2, 0.25) is 5.95 Å². The Labute approximate surface area is 176 Å². The van der Waals surface area contributed by atoms with Gasteiger partial charge in [0.25, 0.3) is 5.56 Å². The Morgan fingerprint density at radius 3 is 2.39 bits per heavy atom. The van der Waals surface area contributed by atoms with Gasteiger partial charge in [0.1, 0.15) is 0 Å². The number of hydrogen-bond acceptors (Lipinski definition) is 10. The highest BCUT2D eigenvalue weighted by molar-refractivity contribution is 7.47. The molecule has 0 saturated heterocycles. The summed E-state index contributed by atoms with van der Waals surface area (Å²) in [5.41, 5.74) is 5.47. The van der Waals surface area contributed by atoms with E-state index in [1.165, 1.54) is 6.33 Å². The van der Waals surface area contributed by atoms with Crippen LogP contribution in [-0.4, -0.2) is 55.7 Å². The number of phosphoric ester groups is 2. The molecule has 0 aromatic carbocycles. The van der Waals surface area contributed by atoms with Gasteiger partial charge >= 0.3 is 15.6 Å². The van der Waals surface area contributed by atoms with E-state index in [1.54, 1.807) is 18.4 Å². The predicted molar refractivity (Wildman–Crippen MR) is 108 cm³/mol. The second-order valence-electron chi connectivity index (χ2n) is 6.87. The van der Waals surface area contributed by atoms with E-state index in [-0.39, 0.29) is 55.5 Å². The molecule has 0 aliphatic heterocycles. The van der Waals surface area contributed by atoms with Crippen LogP contribution in [0.4, 0.5) is 5.95 Å². The maximum Gasteiger partial charge on any atom is 0.472 e. The molecule has 1 aliphatic rings. The number of imidazole rings is 1. The lowest BCUT2D eigenvalue weighted by molar-refractivity contribution is -0.0101. The SMILES string of the molecule is CCOP(=O)(O)OC[C@H]1C[C@@H](n2cnc3c(=O)[nH]c(N)nc32)[C@H]1COP(=O)(O)OCC. The number of phosphoric acid groups is 2. The first-order valence-electron chi connectivity index (χ1n) is 9.53. The summed E-state index contributed by atoms with van der Waals surface area (Å²) in [5.74, 6) is -0.841. The highest BCUT2D eigenvalue weighted by Gasteiger charge is 2.45. The lowest BCUT2D eigenvalue weighted by Gasteiger charge is -2.45. The molecule has 174 valence electrons. The summed E-state index contributed by atoms with van der Waals surface area (Å²) in [6, 6.07) is -0.348. The summed E-state index contributed by atoms with van der Waals surface area (Å²) < 4.78 is 44.9. The summed E-state index contributed by atoms with van der Waals surface area (Å²) in [7, 11) is -8.48. The van der Waals surface area contributed by atoms with Crippen LogP contribution in [0.15, 0.2) is 11.1 Å². The topological polar surface area (TPSA) is 201 Å². The van der Waals surface area contributed by atoms with E-state index in [0.29, 0.717) is 6.42 Å². The van der Waals surface area contributed by atoms with E-state index in [0.717, 1.165) is 0 Å². The quantitative estimate of drug-likeness (QED) is 0.334. The van der Waals surface area contributed by atoms with E-state index < -0.39 is 27.1 Å². The van der Waals surface area contributed by atoms with E-state index in [4.69, 9.17) is 19.3 Å². The van der Waals surface area contributed by atoms with Gasteiger partial charge in [0.15, 0.2) is 11.2 Å². The first-order chi connectivity index (χ1) is 14.6. The summed E-state index contributed by atoms with van der Waals surface area (Å²) in [6.45, 7) is 2.72. The zero-order valence-corrected chi connectivity index (χ0v) is 18.7. The van der Waals surface area contributed by atoms with Gasteiger partial charge in [-0.3, -0.25) is 27.9 Å². The Morgan fingerprint density at radius 1 is 1.16 bits per heavy atom. The van der Waals surface area contributed by atoms with Crippen molar-refractivity contribution in [2.45, 2.75) is 26.3 Å². The van der Waals surface area contributed by atoms with Crippen LogP contribution in [-0.2, 0) is 27.2 Å². The van der Waals surface area contributed by atoms with Crippen molar-refractivity contribution in [1.82, 2.24) is 19.5 Å². The lowest BCUT2D eigenvalue weighted by Crippen LogP contribution is -2.43. The molecular weight excluding hydrogens is 456 g/mol. The molecule has 5 N–H and O–H groups in total. The molecular formula is C15H25N5O9P2. The summed E-state index contributed by atoms with van der Waals surface area (Å²) in [6.07, 6.45) is 1.85. The van der Waals surface area contributed by atoms with Crippen LogP contribution < -0.4 is 11.3 Å². The Balaban J connectivity index is 1.82. The van der Waals surface area contributed by atoms with Crippen LogP contribution in [0, 0.1) is 11.8 Å². The molecule has 1 fully saturated rings. The molecule has 5 atom stereocenters. The van der Waals surface area contributed by atoms with Crippen LogP contribution in [0.25, 0.3) is 11.2 Å². The molecule has 0 spiro atoms. The number of nitrogens with one attached hydrogen (secondary N) is 1. The van der Waals surface area contributed by atoms with Gasteiger partial charge in [-0.1, -0.05) is 0 Å². The third-order valence-corrected chi connectivity index (χ3v) is 7.04. The van der Waals surface area contributed by atoms with Crippen LogP contribution in [0.2, 0.25) is 0 Å². The maximum absolute atomic E-state index is 12.0. The highest BCUT2D eigenvalue weighted by Crippen LogP contribution is 2.52. The number of aromatic amines is 1. The number of fused-ring (bicyclic) bond motifs is 1. The fraction of sp³-hybridized carbons (Fsp3) is 0.667. The summed E-state index contributed by atoms with van der Waals surface area (Å²) in [5, 5.41) is 0. The molecule has 2 aromatic rings. The monoisotopic (exact) mass is 481 g/mol. The van der Waals surface area contributed by atoms with E-state index in [1.807, 2.05) is 0 Å². The second kappa shape index (κ2) is 9.47. The fourth-order valence-electron chi connectivity index (χ4n) is 3.49. The van der Waals surface area contributed by atoms with Gasteiger partial charge in [-0.15, -0.1) is 0 Å². The Morgan fingerprint density at radius 2 is 1.77 bits per heavy atom. The van der Waals surface area contributed by atoms with Crippen LogP contribution in [0.1, 0.15) is 26.3 Å². The summed E-state index contributed by atoms with van der Waals surface area (Å²) in [4.78, 5) is 42.0. The first-order valence-corrected chi connectivity index (χ1v) is 12.5. The second-order valence-corrected chi connectivity index (χ2v) is 9.77. The largest absolute Gasteiger partial charge is 0.472 e. The van der Waals surface area contributed by atoms with E-state index in [9.17, 15) is 23.7 Å². The normalized spacial score (nSPS) is 25.1. The highest BCUT2D eigenvalue weighted by atomic mass is 31.2. The number of rotatable bonds is 11. The van der Waals surface area contributed by atoms with Crippen molar-refractivity contribution in [3.63, 3.8) is 0 Å².